The Morgan fingerprint density at radius 1 is 0.569 bits per heavy atom. The minimum atomic E-state index is -0.731. The molecule has 3 N–H and O–H groups in total. The monoisotopic (exact) mass is 1420 g/mol. The van der Waals surface area contributed by atoms with E-state index in [-0.39, 0.29) is 116 Å². The van der Waals surface area contributed by atoms with E-state index in [0.29, 0.717) is 175 Å². The highest BCUT2D eigenvalue weighted by Gasteiger charge is 2.39. The van der Waals surface area contributed by atoms with Crippen molar-refractivity contribution in [1.29, 1.82) is 0 Å². The summed E-state index contributed by atoms with van der Waals surface area (Å²) in [4.78, 5) is 118. The van der Waals surface area contributed by atoms with E-state index >= 15 is 0 Å². The van der Waals surface area contributed by atoms with E-state index in [1.54, 1.807) is 73.4 Å². The number of amides is 7. The number of carbonyl (C=O) groups is 8. The van der Waals surface area contributed by atoms with Gasteiger partial charge in [0.2, 0.25) is 29.5 Å². The van der Waals surface area contributed by atoms with E-state index < -0.39 is 12.0 Å². The van der Waals surface area contributed by atoms with Crippen molar-refractivity contribution in [2.75, 3.05) is 138 Å². The van der Waals surface area contributed by atoms with Gasteiger partial charge in [0.25, 0.3) is 11.8 Å². The second kappa shape index (κ2) is 39.8. The van der Waals surface area contributed by atoms with Gasteiger partial charge in [0.05, 0.1) is 154 Å². The third kappa shape index (κ3) is 22.8. The van der Waals surface area contributed by atoms with Crippen LogP contribution in [0.25, 0.3) is 5.57 Å². The van der Waals surface area contributed by atoms with Crippen LogP contribution >= 0.6 is 0 Å². The van der Waals surface area contributed by atoms with Crippen molar-refractivity contribution in [3.05, 3.63) is 83.2 Å². The number of carbonyl (C=O) groups excluding carboxylic acids is 8. The molecule has 0 aromatic heterocycles. The number of ether oxygens (including phenoxy) is 11. The fourth-order valence-corrected chi connectivity index (χ4v) is 12.3. The first kappa shape index (κ1) is 77.7. The molecule has 6 aliphatic rings. The van der Waals surface area contributed by atoms with E-state index in [1.807, 2.05) is 44.6 Å². The standard InChI is InChI=1S/C75H100N8O19/c1-49(2)71(80-69(86)11-8-7-9-21-94-25-27-96-29-31-98-33-35-100-36-34-99-32-30-97-28-26-95-24-19-76-68(85)18-20-81-70(87)38-51(4)73(81)89)63(84)37-50(3)72(88)79-56-16-14-53(15-17-56)55-40-58-46-78-62-44-67(65(93-6)42-60(62)75(91)83(58)48-55)102-23-10-22-101-66-43-61-59(41-64(66)92-5)74(90)82-47-54(52-12-13-52)39-57(82)45-77-61/h14-17,41-52,57-58,71H,7-13,18-40H2,1-6H3,(H,76,85)(H,79,88)(H,80,86)/t50-,51?,57+,58+,71+/m1/s1. The quantitative estimate of drug-likeness (QED) is 0.0356. The van der Waals surface area contributed by atoms with Crippen LogP contribution in [0.3, 0.4) is 0 Å². The van der Waals surface area contributed by atoms with Crippen molar-refractivity contribution in [2.24, 2.45) is 33.7 Å². The Balaban J connectivity index is 0.567. The lowest BCUT2D eigenvalue weighted by Crippen LogP contribution is -2.45. The molecular formula is C75H100N8O19. The van der Waals surface area contributed by atoms with Crippen molar-refractivity contribution < 1.29 is 90.5 Å². The zero-order valence-corrected chi connectivity index (χ0v) is 59.7. The molecule has 3 aromatic rings. The predicted molar refractivity (Wildman–Crippen MR) is 379 cm³/mol. The lowest BCUT2D eigenvalue weighted by atomic mass is 9.92. The van der Waals surface area contributed by atoms with Crippen LogP contribution in [0.1, 0.15) is 131 Å². The molecule has 0 radical (unpaired) electrons. The summed E-state index contributed by atoms with van der Waals surface area (Å²) < 4.78 is 62.5. The summed E-state index contributed by atoms with van der Waals surface area (Å²) in [5.41, 5.74) is 5.47. The molecular weight excluding hydrogens is 1320 g/mol. The largest absolute Gasteiger partial charge is 0.493 e. The molecule has 0 bridgehead atoms. The van der Waals surface area contributed by atoms with Crippen LogP contribution in [0.4, 0.5) is 17.1 Å². The molecule has 5 atom stereocenters. The van der Waals surface area contributed by atoms with Crippen molar-refractivity contribution in [3.8, 4) is 23.0 Å². The first-order chi connectivity index (χ1) is 49.5. The predicted octanol–water partition coefficient (Wildman–Crippen LogP) is 8.00. The van der Waals surface area contributed by atoms with Gasteiger partial charge in [-0.2, -0.15) is 0 Å². The molecule has 1 saturated carbocycles. The summed E-state index contributed by atoms with van der Waals surface area (Å²) in [5.74, 6) is -0.667. The van der Waals surface area contributed by atoms with Gasteiger partial charge in [-0.15, -0.1) is 0 Å². The molecule has 0 spiro atoms. The van der Waals surface area contributed by atoms with Crippen molar-refractivity contribution in [3.63, 3.8) is 0 Å². The third-order valence-electron chi connectivity index (χ3n) is 18.2. The molecule has 27 nitrogen and oxygen atoms in total. The summed E-state index contributed by atoms with van der Waals surface area (Å²) in [6.45, 7) is 13.9. The first-order valence-electron chi connectivity index (χ1n) is 35.7. The molecule has 1 saturated heterocycles. The number of benzene rings is 3. The summed E-state index contributed by atoms with van der Waals surface area (Å²) in [6.07, 6.45) is 14.3. The average molecular weight is 1420 g/mol. The van der Waals surface area contributed by atoms with Gasteiger partial charge in [0.15, 0.2) is 28.8 Å². The van der Waals surface area contributed by atoms with Crippen LogP contribution in [0.2, 0.25) is 0 Å². The van der Waals surface area contributed by atoms with E-state index in [9.17, 15) is 38.4 Å². The number of hydrogen-bond donors (Lipinski definition) is 3. The van der Waals surface area contributed by atoms with Gasteiger partial charge in [-0.1, -0.05) is 46.2 Å². The normalized spacial score (nSPS) is 18.1. The zero-order chi connectivity index (χ0) is 72.3. The molecule has 102 heavy (non-hydrogen) atoms. The van der Waals surface area contributed by atoms with Crippen LogP contribution in [-0.2, 0) is 61.9 Å². The Morgan fingerprint density at radius 3 is 1.62 bits per heavy atom. The Labute approximate surface area is 596 Å². The maximum absolute atomic E-state index is 14.2. The van der Waals surface area contributed by atoms with Crippen LogP contribution in [0.5, 0.6) is 23.0 Å². The smallest absolute Gasteiger partial charge is 0.260 e. The van der Waals surface area contributed by atoms with E-state index in [4.69, 9.17) is 62.1 Å². The molecule has 554 valence electrons. The number of nitrogens with one attached hydrogen (secondary N) is 3. The van der Waals surface area contributed by atoms with E-state index in [2.05, 4.69) is 16.0 Å². The minimum absolute atomic E-state index is 0.0482. The number of nitrogens with zero attached hydrogens (tertiary/aromatic N) is 5. The maximum atomic E-state index is 14.2. The first-order valence-corrected chi connectivity index (χ1v) is 35.7. The Hall–Kier alpha value is -8.44. The van der Waals surface area contributed by atoms with Gasteiger partial charge in [0.1, 0.15) is 0 Å². The third-order valence-corrected chi connectivity index (χ3v) is 18.2. The summed E-state index contributed by atoms with van der Waals surface area (Å²) in [7, 11) is 3.06. The number of ketones is 1. The summed E-state index contributed by atoms with van der Waals surface area (Å²) in [6, 6.07) is 13.0. The van der Waals surface area contributed by atoms with Crippen LogP contribution in [0.15, 0.2) is 76.5 Å². The van der Waals surface area contributed by atoms with Crippen molar-refractivity contribution >= 4 is 82.2 Å². The summed E-state index contributed by atoms with van der Waals surface area (Å²) >= 11 is 0. The number of rotatable bonds is 47. The number of aliphatic imine (C=N–C) groups is 2. The molecule has 27 heteroatoms. The van der Waals surface area contributed by atoms with Gasteiger partial charge in [-0.05, 0) is 84.9 Å². The fraction of sp³-hybridized carbons (Fsp3) is 0.573. The number of hydrogen-bond acceptors (Lipinski definition) is 21. The number of fused-ring (bicyclic) bond motifs is 4. The highest BCUT2D eigenvalue weighted by molar-refractivity contribution is 6.07. The Kier molecular flexibility index (Phi) is 30.4. The van der Waals surface area contributed by atoms with Gasteiger partial charge < -0.3 is 77.9 Å². The van der Waals surface area contributed by atoms with E-state index in [1.165, 1.54) is 25.5 Å². The molecule has 3 aromatic carbocycles. The number of likely N-dealkylation sites (tertiary alicyclic amines) is 1. The van der Waals surface area contributed by atoms with Crippen LogP contribution in [0, 0.1) is 23.7 Å². The van der Waals surface area contributed by atoms with Gasteiger partial charge in [-0.25, -0.2) is 0 Å². The highest BCUT2D eigenvalue weighted by Crippen LogP contribution is 2.45. The second-order valence-electron chi connectivity index (χ2n) is 26.4. The molecule has 1 unspecified atom stereocenters. The summed E-state index contributed by atoms with van der Waals surface area (Å²) in [5, 5.41) is 8.55. The number of methoxy groups -OCH3 is 2. The molecule has 9 rings (SSSR count). The van der Waals surface area contributed by atoms with Crippen LogP contribution in [-0.4, -0.2) is 225 Å². The molecule has 7 amide bonds. The van der Waals surface area contributed by atoms with Crippen molar-refractivity contribution in [1.82, 2.24) is 25.3 Å². The maximum Gasteiger partial charge on any atom is 0.260 e. The Bertz CT molecular complexity index is 3500. The lowest BCUT2D eigenvalue weighted by molar-refractivity contribution is -0.139. The molecule has 5 heterocycles. The van der Waals surface area contributed by atoms with Gasteiger partial charge >= 0.3 is 0 Å². The van der Waals surface area contributed by atoms with Gasteiger partial charge in [-0.3, -0.25) is 53.2 Å². The highest BCUT2D eigenvalue weighted by atomic mass is 16.6. The minimum Gasteiger partial charge on any atom is -0.493 e. The van der Waals surface area contributed by atoms with Crippen molar-refractivity contribution in [2.45, 2.75) is 123 Å². The van der Waals surface area contributed by atoms with Gasteiger partial charge in [0, 0.05) is 113 Å². The fourth-order valence-electron chi connectivity index (χ4n) is 12.3. The zero-order valence-electron chi connectivity index (χ0n) is 59.7. The number of unbranched alkanes of at least 4 members (excludes halogenated alkanes) is 2. The van der Waals surface area contributed by atoms with E-state index in [0.717, 1.165) is 35.3 Å². The number of Topliss-reactive ketones (excluding diaryl/α,β-unsaturated/α-hetero) is 1. The molecule has 1 aliphatic carbocycles. The number of anilines is 1. The Morgan fingerprint density at radius 2 is 1.10 bits per heavy atom. The lowest BCUT2D eigenvalue weighted by Gasteiger charge is -2.23. The average Bonchev–Trinajstić information content (AvgIpc) is 1.61. The second-order valence-corrected chi connectivity index (χ2v) is 26.4. The number of imide groups is 1. The molecule has 2 fully saturated rings. The molecule has 5 aliphatic heterocycles. The topological polar surface area (TPSA) is 309 Å². The van der Waals surface area contributed by atoms with Crippen LogP contribution < -0.4 is 34.9 Å². The SMILES string of the molecule is COc1cc2c(cc1OCCCOc1cc3c(cc1OC)C(=O)N1C=C(C4CC4)C[C@H]1C=N3)N=C[C@@H]1CC(c3ccc(NC(=O)[C@H](C)CC(=O)[C@@H](NC(=O)CCCCCOCCOCCOCCOCCOCCOCCOCCNC(=O)CCN4C(=O)CC(C)C4=O)C(C)C)cc3)=CN1C2=O.